The largest absolute Gasteiger partial charge is 0.481 e. The normalized spacial score (nSPS) is 18.2. The van der Waals surface area contributed by atoms with Gasteiger partial charge in [-0.1, -0.05) is 12.1 Å². The van der Waals surface area contributed by atoms with Gasteiger partial charge in [-0.3, -0.25) is 9.59 Å². The lowest BCUT2D eigenvalue weighted by Gasteiger charge is -2.16. The lowest BCUT2D eigenvalue weighted by molar-refractivity contribution is -0.141. The first-order valence-corrected chi connectivity index (χ1v) is 7.48. The Hall–Kier alpha value is -2.21. The first-order valence-electron chi connectivity index (χ1n) is 6.60. The van der Waals surface area contributed by atoms with Gasteiger partial charge in [-0.05, 0) is 19.1 Å². The molecule has 21 heavy (non-hydrogen) atoms. The first-order chi connectivity index (χ1) is 10.0. The van der Waals surface area contributed by atoms with Gasteiger partial charge in [-0.15, -0.1) is 11.3 Å². The summed E-state index contributed by atoms with van der Waals surface area (Å²) in [4.78, 5) is 29.0. The molecule has 2 heterocycles. The predicted octanol–water partition coefficient (Wildman–Crippen LogP) is 2.56. The van der Waals surface area contributed by atoms with Crippen LogP contribution in [-0.4, -0.2) is 28.5 Å². The van der Waals surface area contributed by atoms with E-state index in [4.69, 9.17) is 5.11 Å². The number of anilines is 1. The third-order valence-corrected chi connectivity index (χ3v) is 4.32. The molecule has 1 amide bonds. The van der Waals surface area contributed by atoms with Crippen molar-refractivity contribution in [3.63, 3.8) is 0 Å². The van der Waals surface area contributed by atoms with E-state index >= 15 is 0 Å². The zero-order valence-electron chi connectivity index (χ0n) is 11.4. The summed E-state index contributed by atoms with van der Waals surface area (Å²) in [5, 5.41) is 12.0. The Balaban J connectivity index is 1.90. The Kier molecular flexibility index (Phi) is 3.47. The molecule has 3 rings (SSSR count). The summed E-state index contributed by atoms with van der Waals surface area (Å²) < 4.78 is 0. The van der Waals surface area contributed by atoms with E-state index in [1.54, 1.807) is 16.2 Å². The molecular weight excluding hydrogens is 288 g/mol. The van der Waals surface area contributed by atoms with Crippen molar-refractivity contribution >= 4 is 28.9 Å². The van der Waals surface area contributed by atoms with Crippen molar-refractivity contribution in [2.24, 2.45) is 5.92 Å². The van der Waals surface area contributed by atoms with Gasteiger partial charge in [0.2, 0.25) is 5.91 Å². The average Bonchev–Trinajstić information content (AvgIpc) is 3.05. The molecule has 1 aromatic heterocycles. The maximum atomic E-state index is 12.0. The van der Waals surface area contributed by atoms with Crippen molar-refractivity contribution in [3.05, 3.63) is 34.7 Å². The molecule has 108 valence electrons. The number of amides is 1. The number of benzene rings is 1. The molecule has 6 heteroatoms. The van der Waals surface area contributed by atoms with Crippen LogP contribution in [0.25, 0.3) is 11.3 Å². The molecule has 1 unspecified atom stereocenters. The van der Waals surface area contributed by atoms with Crippen molar-refractivity contribution in [1.29, 1.82) is 0 Å². The molecule has 1 N–H and O–H groups in total. The predicted molar refractivity (Wildman–Crippen MR) is 80.4 cm³/mol. The fourth-order valence-electron chi connectivity index (χ4n) is 2.45. The molecule has 1 aromatic carbocycles. The summed E-state index contributed by atoms with van der Waals surface area (Å²) in [6.07, 6.45) is 0.0649. The summed E-state index contributed by atoms with van der Waals surface area (Å²) in [5.74, 6) is -1.69. The number of aryl methyl sites for hydroxylation is 1. The fourth-order valence-corrected chi connectivity index (χ4v) is 3.07. The minimum Gasteiger partial charge on any atom is -0.481 e. The number of carbonyl (C=O) groups excluding carboxylic acids is 1. The number of thiazole rings is 1. The Morgan fingerprint density at radius 3 is 2.90 bits per heavy atom. The molecule has 1 saturated heterocycles. The lowest BCUT2D eigenvalue weighted by Crippen LogP contribution is -2.25. The highest BCUT2D eigenvalue weighted by molar-refractivity contribution is 7.09. The van der Waals surface area contributed by atoms with E-state index < -0.39 is 11.9 Å². The van der Waals surface area contributed by atoms with Crippen LogP contribution in [0.5, 0.6) is 0 Å². The molecule has 1 aliphatic heterocycles. The third-order valence-electron chi connectivity index (χ3n) is 3.55. The zero-order chi connectivity index (χ0) is 15.0. The van der Waals surface area contributed by atoms with E-state index in [-0.39, 0.29) is 18.9 Å². The quantitative estimate of drug-likeness (QED) is 0.946. The molecular formula is C15H14N2O3S. The van der Waals surface area contributed by atoms with Gasteiger partial charge in [-0.25, -0.2) is 4.98 Å². The Bertz CT molecular complexity index is 710. The summed E-state index contributed by atoms with van der Waals surface area (Å²) in [5.41, 5.74) is 2.54. The molecule has 1 atom stereocenters. The van der Waals surface area contributed by atoms with Crippen LogP contribution in [-0.2, 0) is 9.59 Å². The van der Waals surface area contributed by atoms with Crippen LogP contribution in [0.15, 0.2) is 29.6 Å². The van der Waals surface area contributed by atoms with Crippen molar-refractivity contribution in [2.45, 2.75) is 13.3 Å². The smallest absolute Gasteiger partial charge is 0.308 e. The third kappa shape index (κ3) is 2.67. The number of hydrogen-bond donors (Lipinski definition) is 1. The van der Waals surface area contributed by atoms with Gasteiger partial charge in [0.05, 0.1) is 16.6 Å². The highest BCUT2D eigenvalue weighted by Gasteiger charge is 2.35. The summed E-state index contributed by atoms with van der Waals surface area (Å²) in [7, 11) is 0. The lowest BCUT2D eigenvalue weighted by atomic mass is 10.1. The van der Waals surface area contributed by atoms with E-state index in [0.29, 0.717) is 0 Å². The molecule has 1 aliphatic rings. The summed E-state index contributed by atoms with van der Waals surface area (Å²) >= 11 is 1.57. The minimum absolute atomic E-state index is 0.0649. The summed E-state index contributed by atoms with van der Waals surface area (Å²) in [6, 6.07) is 7.51. The van der Waals surface area contributed by atoms with Crippen molar-refractivity contribution in [2.75, 3.05) is 11.4 Å². The second-order valence-corrected chi connectivity index (χ2v) is 6.11. The highest BCUT2D eigenvalue weighted by Crippen LogP contribution is 2.29. The van der Waals surface area contributed by atoms with Crippen molar-refractivity contribution in [3.8, 4) is 11.3 Å². The molecule has 0 spiro atoms. The Morgan fingerprint density at radius 2 is 2.29 bits per heavy atom. The van der Waals surface area contributed by atoms with Crippen LogP contribution in [0, 0.1) is 12.8 Å². The number of aliphatic carboxylic acids is 1. The van der Waals surface area contributed by atoms with Gasteiger partial charge in [-0.2, -0.15) is 0 Å². The van der Waals surface area contributed by atoms with E-state index in [0.717, 1.165) is 22.0 Å². The summed E-state index contributed by atoms with van der Waals surface area (Å²) in [6.45, 7) is 2.17. The average molecular weight is 302 g/mol. The van der Waals surface area contributed by atoms with Gasteiger partial charge in [0.1, 0.15) is 0 Å². The van der Waals surface area contributed by atoms with Crippen molar-refractivity contribution in [1.82, 2.24) is 4.98 Å². The molecule has 5 nitrogen and oxygen atoms in total. The number of carboxylic acids is 1. The van der Waals surface area contributed by atoms with Crippen LogP contribution in [0.2, 0.25) is 0 Å². The van der Waals surface area contributed by atoms with Gasteiger partial charge in [0.15, 0.2) is 0 Å². The van der Waals surface area contributed by atoms with Crippen LogP contribution in [0.3, 0.4) is 0 Å². The number of nitrogens with zero attached hydrogens (tertiary/aromatic N) is 2. The fraction of sp³-hybridized carbons (Fsp3) is 0.267. The van der Waals surface area contributed by atoms with Gasteiger partial charge in [0.25, 0.3) is 0 Å². The first kappa shape index (κ1) is 13.8. The number of aromatic nitrogens is 1. The van der Waals surface area contributed by atoms with Crippen LogP contribution < -0.4 is 4.90 Å². The molecule has 0 saturated carbocycles. The molecule has 1 fully saturated rings. The van der Waals surface area contributed by atoms with Gasteiger partial charge in [0, 0.05) is 29.6 Å². The molecule has 0 bridgehead atoms. The zero-order valence-corrected chi connectivity index (χ0v) is 12.3. The second kappa shape index (κ2) is 5.29. The number of hydrogen-bond acceptors (Lipinski definition) is 4. The van der Waals surface area contributed by atoms with Crippen LogP contribution >= 0.6 is 11.3 Å². The molecule has 0 aliphatic carbocycles. The SMILES string of the molecule is Cc1nc(-c2cccc(N3CC(C(=O)O)CC3=O)c2)cs1. The van der Waals surface area contributed by atoms with E-state index in [1.165, 1.54) is 0 Å². The topological polar surface area (TPSA) is 70.5 Å². The van der Waals surface area contributed by atoms with Gasteiger partial charge >= 0.3 is 5.97 Å². The number of carboxylic acid groups (broad SMARTS) is 1. The second-order valence-electron chi connectivity index (χ2n) is 5.05. The monoisotopic (exact) mass is 302 g/mol. The molecule has 0 radical (unpaired) electrons. The Labute approximate surface area is 125 Å². The van der Waals surface area contributed by atoms with E-state index in [1.807, 2.05) is 36.6 Å². The molecule has 2 aromatic rings. The number of rotatable bonds is 3. The maximum absolute atomic E-state index is 12.0. The van der Waals surface area contributed by atoms with E-state index in [2.05, 4.69) is 4.98 Å². The minimum atomic E-state index is -0.919. The van der Waals surface area contributed by atoms with Crippen LogP contribution in [0.1, 0.15) is 11.4 Å². The Morgan fingerprint density at radius 1 is 1.48 bits per heavy atom. The standard InChI is InChI=1S/C15H14N2O3S/c1-9-16-13(8-21-9)10-3-2-4-12(5-10)17-7-11(15(19)20)6-14(17)18/h2-5,8,11H,6-7H2,1H3,(H,19,20). The van der Waals surface area contributed by atoms with Crippen molar-refractivity contribution < 1.29 is 14.7 Å². The highest BCUT2D eigenvalue weighted by atomic mass is 32.1. The van der Waals surface area contributed by atoms with E-state index in [9.17, 15) is 9.59 Å². The number of carbonyl (C=O) groups is 2. The van der Waals surface area contributed by atoms with Crippen LogP contribution in [0.4, 0.5) is 5.69 Å². The van der Waals surface area contributed by atoms with Gasteiger partial charge < -0.3 is 10.0 Å². The maximum Gasteiger partial charge on any atom is 0.308 e.